The SMILES string of the molecule is OCC#Cc1ccccc1CN1CCCOCC1. The van der Waals surface area contributed by atoms with Gasteiger partial charge in [-0.1, -0.05) is 30.0 Å². The van der Waals surface area contributed by atoms with E-state index >= 15 is 0 Å². The van der Waals surface area contributed by atoms with E-state index in [1.54, 1.807) is 0 Å². The van der Waals surface area contributed by atoms with E-state index in [-0.39, 0.29) is 6.61 Å². The summed E-state index contributed by atoms with van der Waals surface area (Å²) in [6.07, 6.45) is 1.09. The van der Waals surface area contributed by atoms with Crippen molar-refractivity contribution < 1.29 is 9.84 Å². The first kappa shape index (κ1) is 13.1. The van der Waals surface area contributed by atoms with Crippen LogP contribution in [-0.4, -0.2) is 42.9 Å². The van der Waals surface area contributed by atoms with Gasteiger partial charge in [-0.15, -0.1) is 0 Å². The quantitative estimate of drug-likeness (QED) is 0.796. The summed E-state index contributed by atoms with van der Waals surface area (Å²) in [6, 6.07) is 8.13. The molecule has 1 aromatic rings. The lowest BCUT2D eigenvalue weighted by atomic mass is 10.1. The van der Waals surface area contributed by atoms with E-state index in [4.69, 9.17) is 9.84 Å². The van der Waals surface area contributed by atoms with E-state index in [0.717, 1.165) is 44.8 Å². The van der Waals surface area contributed by atoms with Crippen molar-refractivity contribution in [2.24, 2.45) is 0 Å². The average molecular weight is 245 g/mol. The first-order chi connectivity index (χ1) is 8.90. The van der Waals surface area contributed by atoms with E-state index in [9.17, 15) is 0 Å². The number of aliphatic hydroxyl groups excluding tert-OH is 1. The fourth-order valence-electron chi connectivity index (χ4n) is 2.11. The zero-order valence-electron chi connectivity index (χ0n) is 10.6. The molecule has 1 N–H and O–H groups in total. The van der Waals surface area contributed by atoms with Gasteiger partial charge in [0.05, 0.1) is 6.61 Å². The number of benzene rings is 1. The maximum absolute atomic E-state index is 8.78. The minimum atomic E-state index is -0.0914. The van der Waals surface area contributed by atoms with Crippen LogP contribution in [0.15, 0.2) is 24.3 Å². The van der Waals surface area contributed by atoms with Crippen molar-refractivity contribution in [2.45, 2.75) is 13.0 Å². The molecule has 1 saturated heterocycles. The summed E-state index contributed by atoms with van der Waals surface area (Å²) in [5.74, 6) is 5.73. The van der Waals surface area contributed by atoms with Gasteiger partial charge in [-0.25, -0.2) is 0 Å². The third kappa shape index (κ3) is 3.85. The fraction of sp³-hybridized carbons (Fsp3) is 0.467. The molecule has 3 nitrogen and oxygen atoms in total. The molecule has 96 valence electrons. The first-order valence-corrected chi connectivity index (χ1v) is 6.38. The van der Waals surface area contributed by atoms with Crippen molar-refractivity contribution in [2.75, 3.05) is 32.9 Å². The third-order valence-corrected chi connectivity index (χ3v) is 3.03. The second kappa shape index (κ2) is 7.17. The summed E-state index contributed by atoms with van der Waals surface area (Å²) in [4.78, 5) is 2.40. The molecule has 2 rings (SSSR count). The molecule has 0 saturated carbocycles. The van der Waals surface area contributed by atoms with E-state index in [1.807, 2.05) is 18.2 Å². The predicted octanol–water partition coefficient (Wildman–Crippen LogP) is 1.25. The normalized spacial score (nSPS) is 16.7. The van der Waals surface area contributed by atoms with Gasteiger partial charge in [-0.05, 0) is 18.1 Å². The molecule has 0 bridgehead atoms. The van der Waals surface area contributed by atoms with E-state index in [0.29, 0.717) is 0 Å². The lowest BCUT2D eigenvalue weighted by Gasteiger charge is -2.19. The molecule has 0 unspecified atom stereocenters. The fourth-order valence-corrected chi connectivity index (χ4v) is 2.11. The van der Waals surface area contributed by atoms with Crippen LogP contribution in [0.25, 0.3) is 0 Å². The van der Waals surface area contributed by atoms with Crippen LogP contribution in [-0.2, 0) is 11.3 Å². The molecule has 1 heterocycles. The largest absolute Gasteiger partial charge is 0.384 e. The second-order valence-electron chi connectivity index (χ2n) is 4.36. The van der Waals surface area contributed by atoms with Gasteiger partial charge in [0.15, 0.2) is 0 Å². The molecular weight excluding hydrogens is 226 g/mol. The van der Waals surface area contributed by atoms with E-state index in [2.05, 4.69) is 22.8 Å². The van der Waals surface area contributed by atoms with Crippen molar-refractivity contribution >= 4 is 0 Å². The van der Waals surface area contributed by atoms with E-state index < -0.39 is 0 Å². The molecule has 0 aromatic heterocycles. The van der Waals surface area contributed by atoms with Crippen LogP contribution in [0, 0.1) is 11.8 Å². The Balaban J connectivity index is 2.07. The van der Waals surface area contributed by atoms with Crippen LogP contribution < -0.4 is 0 Å². The second-order valence-corrected chi connectivity index (χ2v) is 4.36. The summed E-state index contributed by atoms with van der Waals surface area (Å²) >= 11 is 0. The standard InChI is InChI=1S/C15H19NO2/c17-10-3-7-14-5-1-2-6-15(14)13-16-8-4-11-18-12-9-16/h1-2,5-6,17H,4,8-13H2. The molecule has 0 atom stereocenters. The van der Waals surface area contributed by atoms with E-state index in [1.165, 1.54) is 5.56 Å². The lowest BCUT2D eigenvalue weighted by Crippen LogP contribution is -2.26. The van der Waals surface area contributed by atoms with Crippen LogP contribution in [0.4, 0.5) is 0 Å². The zero-order chi connectivity index (χ0) is 12.6. The molecule has 0 aliphatic carbocycles. The molecule has 0 amide bonds. The van der Waals surface area contributed by atoms with Gasteiger partial charge in [-0.2, -0.15) is 0 Å². The Morgan fingerprint density at radius 3 is 3.00 bits per heavy atom. The Morgan fingerprint density at radius 1 is 1.22 bits per heavy atom. The molecular formula is C15H19NO2. The van der Waals surface area contributed by atoms with Crippen molar-refractivity contribution in [3.63, 3.8) is 0 Å². The van der Waals surface area contributed by atoms with Gasteiger partial charge in [0.25, 0.3) is 0 Å². The van der Waals surface area contributed by atoms with Crippen LogP contribution in [0.5, 0.6) is 0 Å². The maximum atomic E-state index is 8.78. The van der Waals surface area contributed by atoms with Crippen LogP contribution in [0.1, 0.15) is 17.5 Å². The Bertz CT molecular complexity index is 426. The molecule has 1 fully saturated rings. The van der Waals surface area contributed by atoms with Gasteiger partial charge in [0, 0.05) is 31.8 Å². The summed E-state index contributed by atoms with van der Waals surface area (Å²) < 4.78 is 5.45. The minimum absolute atomic E-state index is 0.0914. The molecule has 18 heavy (non-hydrogen) atoms. The minimum Gasteiger partial charge on any atom is -0.384 e. The molecule has 1 aliphatic heterocycles. The first-order valence-electron chi connectivity index (χ1n) is 6.38. The Labute approximate surface area is 108 Å². The van der Waals surface area contributed by atoms with Crippen LogP contribution >= 0.6 is 0 Å². The predicted molar refractivity (Wildman–Crippen MR) is 71.1 cm³/mol. The summed E-state index contributed by atoms with van der Waals surface area (Å²) in [6.45, 7) is 4.53. The molecule has 0 radical (unpaired) electrons. The van der Waals surface area contributed by atoms with Gasteiger partial charge < -0.3 is 9.84 Å². The summed E-state index contributed by atoms with van der Waals surface area (Å²) in [5, 5.41) is 8.78. The molecule has 1 aliphatic rings. The van der Waals surface area contributed by atoms with Crippen molar-refractivity contribution in [1.82, 2.24) is 4.90 Å². The topological polar surface area (TPSA) is 32.7 Å². The number of nitrogens with zero attached hydrogens (tertiary/aromatic N) is 1. The number of hydrogen-bond donors (Lipinski definition) is 1. The van der Waals surface area contributed by atoms with Crippen molar-refractivity contribution in [3.05, 3.63) is 35.4 Å². The number of aliphatic hydroxyl groups is 1. The average Bonchev–Trinajstić information content (AvgIpc) is 2.66. The maximum Gasteiger partial charge on any atom is 0.104 e. The highest BCUT2D eigenvalue weighted by Gasteiger charge is 2.10. The monoisotopic (exact) mass is 245 g/mol. The molecule has 1 aromatic carbocycles. The highest BCUT2D eigenvalue weighted by atomic mass is 16.5. The Morgan fingerprint density at radius 2 is 2.11 bits per heavy atom. The van der Waals surface area contributed by atoms with Crippen LogP contribution in [0.3, 0.4) is 0 Å². The van der Waals surface area contributed by atoms with Gasteiger partial charge in [0.1, 0.15) is 6.61 Å². The number of hydrogen-bond acceptors (Lipinski definition) is 3. The van der Waals surface area contributed by atoms with Crippen molar-refractivity contribution in [3.8, 4) is 11.8 Å². The molecule has 3 heteroatoms. The van der Waals surface area contributed by atoms with Crippen LogP contribution in [0.2, 0.25) is 0 Å². The molecule has 0 spiro atoms. The van der Waals surface area contributed by atoms with Crippen molar-refractivity contribution in [1.29, 1.82) is 0 Å². The summed E-state index contributed by atoms with van der Waals surface area (Å²) in [7, 11) is 0. The third-order valence-electron chi connectivity index (χ3n) is 3.03. The zero-order valence-corrected chi connectivity index (χ0v) is 10.6. The lowest BCUT2D eigenvalue weighted by molar-refractivity contribution is 0.140. The summed E-state index contributed by atoms with van der Waals surface area (Å²) in [5.41, 5.74) is 2.23. The Kier molecular flexibility index (Phi) is 5.22. The number of ether oxygens (including phenoxy) is 1. The van der Waals surface area contributed by atoms with Gasteiger partial charge in [0.2, 0.25) is 0 Å². The van der Waals surface area contributed by atoms with Gasteiger partial charge in [-0.3, -0.25) is 4.90 Å². The smallest absolute Gasteiger partial charge is 0.104 e. The van der Waals surface area contributed by atoms with Gasteiger partial charge >= 0.3 is 0 Å². The highest BCUT2D eigenvalue weighted by molar-refractivity contribution is 5.41. The number of rotatable bonds is 2. The Hall–Kier alpha value is -1.34. The highest BCUT2D eigenvalue weighted by Crippen LogP contribution is 2.12.